The highest BCUT2D eigenvalue weighted by Crippen LogP contribution is 2.08. The van der Waals surface area contributed by atoms with Crippen LogP contribution in [-0.2, 0) is 14.9 Å². The largest absolute Gasteiger partial charge is 0.452 e. The van der Waals surface area contributed by atoms with Crippen molar-refractivity contribution in [2.24, 2.45) is 5.73 Å². The summed E-state index contributed by atoms with van der Waals surface area (Å²) in [6, 6.07) is 0. The molecule has 0 spiro atoms. The minimum absolute atomic E-state index is 0.930. The molecule has 0 aliphatic carbocycles. The van der Waals surface area contributed by atoms with Gasteiger partial charge < -0.3 is 10.5 Å². The fourth-order valence-corrected chi connectivity index (χ4v) is 1.24. The number of nitrogens with one attached hydrogen (secondary N) is 2. The van der Waals surface area contributed by atoms with Crippen LogP contribution in [0.1, 0.15) is 0 Å². The zero-order valence-electron chi connectivity index (χ0n) is 7.79. The van der Waals surface area contributed by atoms with Crippen molar-refractivity contribution in [2.75, 3.05) is 20.2 Å². The number of rotatable bonds is 5. The van der Waals surface area contributed by atoms with Crippen molar-refractivity contribution in [3.05, 3.63) is 0 Å². The zero-order valence-corrected chi connectivity index (χ0v) is 8.61. The zero-order chi connectivity index (χ0) is 12.1. The SMILES string of the molecule is COC(=O)NS(=O)(=O)NCC(F)(F)CN. The highest BCUT2D eigenvalue weighted by atomic mass is 32.2. The molecular weight excluding hydrogens is 236 g/mol. The number of hydrogen-bond donors (Lipinski definition) is 3. The maximum absolute atomic E-state index is 12.5. The van der Waals surface area contributed by atoms with Crippen LogP contribution in [0.5, 0.6) is 0 Å². The number of ether oxygens (including phenoxy) is 1. The van der Waals surface area contributed by atoms with Gasteiger partial charge in [-0.15, -0.1) is 0 Å². The summed E-state index contributed by atoms with van der Waals surface area (Å²) in [5.41, 5.74) is 4.67. The summed E-state index contributed by atoms with van der Waals surface area (Å²) in [6.45, 7) is -2.20. The van der Waals surface area contributed by atoms with Crippen molar-refractivity contribution in [1.29, 1.82) is 0 Å². The van der Waals surface area contributed by atoms with Gasteiger partial charge in [-0.3, -0.25) is 0 Å². The summed E-state index contributed by atoms with van der Waals surface area (Å²) < 4.78 is 53.5. The normalized spacial score (nSPS) is 12.3. The molecule has 0 aliphatic rings. The van der Waals surface area contributed by atoms with Crippen molar-refractivity contribution in [3.8, 4) is 0 Å². The predicted octanol–water partition coefficient (Wildman–Crippen LogP) is -1.23. The number of hydrogen-bond acceptors (Lipinski definition) is 5. The van der Waals surface area contributed by atoms with Crippen LogP contribution in [-0.4, -0.2) is 40.6 Å². The van der Waals surface area contributed by atoms with Gasteiger partial charge in [0, 0.05) is 0 Å². The molecule has 0 unspecified atom stereocenters. The fourth-order valence-electron chi connectivity index (χ4n) is 0.460. The Morgan fingerprint density at radius 2 is 2.07 bits per heavy atom. The monoisotopic (exact) mass is 247 g/mol. The topological polar surface area (TPSA) is 111 Å². The van der Waals surface area contributed by atoms with Crippen LogP contribution in [0.2, 0.25) is 0 Å². The van der Waals surface area contributed by atoms with Gasteiger partial charge in [-0.1, -0.05) is 0 Å². The Morgan fingerprint density at radius 3 is 2.47 bits per heavy atom. The van der Waals surface area contributed by atoms with Gasteiger partial charge in [0.15, 0.2) is 0 Å². The van der Waals surface area contributed by atoms with Crippen LogP contribution in [0, 0.1) is 0 Å². The first-order valence-corrected chi connectivity index (χ1v) is 5.14. The lowest BCUT2D eigenvalue weighted by Crippen LogP contribution is -2.47. The summed E-state index contributed by atoms with van der Waals surface area (Å²) in [5, 5.41) is 0. The summed E-state index contributed by atoms with van der Waals surface area (Å²) in [7, 11) is -3.42. The molecule has 10 heteroatoms. The van der Waals surface area contributed by atoms with E-state index in [1.165, 1.54) is 9.44 Å². The highest BCUT2D eigenvalue weighted by Gasteiger charge is 2.29. The quantitative estimate of drug-likeness (QED) is 0.563. The van der Waals surface area contributed by atoms with Crippen LogP contribution in [0.4, 0.5) is 13.6 Å². The molecule has 0 aliphatic heterocycles. The number of amides is 1. The lowest BCUT2D eigenvalue weighted by Gasteiger charge is -2.14. The van der Waals surface area contributed by atoms with E-state index in [9.17, 15) is 22.0 Å². The van der Waals surface area contributed by atoms with Crippen LogP contribution < -0.4 is 15.2 Å². The molecular formula is C5H11F2N3O4S. The molecule has 0 radical (unpaired) electrons. The van der Waals surface area contributed by atoms with E-state index in [1.807, 2.05) is 0 Å². The Kier molecular flexibility index (Phi) is 4.84. The van der Waals surface area contributed by atoms with E-state index in [0.29, 0.717) is 0 Å². The number of methoxy groups -OCH3 is 1. The van der Waals surface area contributed by atoms with Crippen LogP contribution in [0.3, 0.4) is 0 Å². The van der Waals surface area contributed by atoms with Gasteiger partial charge in [-0.25, -0.2) is 18.3 Å². The minimum atomic E-state index is -4.35. The predicted molar refractivity (Wildman–Crippen MR) is 46.5 cm³/mol. The van der Waals surface area contributed by atoms with Crippen molar-refractivity contribution in [3.63, 3.8) is 0 Å². The molecule has 0 aromatic rings. The molecule has 0 rings (SSSR count). The van der Waals surface area contributed by atoms with Crippen LogP contribution >= 0.6 is 0 Å². The Labute approximate surface area is 85.1 Å². The molecule has 1 amide bonds. The second-order valence-electron chi connectivity index (χ2n) is 2.48. The third kappa shape index (κ3) is 6.14. The molecule has 0 atom stereocenters. The third-order valence-corrected chi connectivity index (χ3v) is 2.18. The Hall–Kier alpha value is -1.00. The molecule has 0 aromatic carbocycles. The van der Waals surface area contributed by atoms with Crippen molar-refractivity contribution in [1.82, 2.24) is 9.44 Å². The van der Waals surface area contributed by atoms with Gasteiger partial charge in [0.1, 0.15) is 0 Å². The first-order chi connectivity index (χ1) is 6.72. The molecule has 0 aromatic heterocycles. The van der Waals surface area contributed by atoms with E-state index in [1.54, 1.807) is 0 Å². The van der Waals surface area contributed by atoms with Crippen molar-refractivity contribution >= 4 is 16.3 Å². The second kappa shape index (κ2) is 5.19. The standard InChI is InChI=1S/C5H11F2N3O4S/c1-14-4(11)10-15(12,13)9-3-5(6,7)2-8/h9H,2-3,8H2,1H3,(H,10,11). The molecule has 0 saturated carbocycles. The van der Waals surface area contributed by atoms with Crippen molar-refractivity contribution in [2.45, 2.75) is 5.92 Å². The maximum atomic E-state index is 12.5. The first-order valence-electron chi connectivity index (χ1n) is 3.65. The number of nitrogens with two attached hydrogens (primary N) is 1. The van der Waals surface area contributed by atoms with Crippen LogP contribution in [0.15, 0.2) is 0 Å². The number of carbonyl (C=O) groups is 1. The van der Waals surface area contributed by atoms with Crippen LogP contribution in [0.25, 0.3) is 0 Å². The van der Waals surface area contributed by atoms with E-state index in [-0.39, 0.29) is 0 Å². The van der Waals surface area contributed by atoms with Crippen molar-refractivity contribution < 1.29 is 26.7 Å². The number of halogens is 2. The Balaban J connectivity index is 4.23. The lowest BCUT2D eigenvalue weighted by atomic mass is 10.3. The lowest BCUT2D eigenvalue weighted by molar-refractivity contribution is 0.0169. The van der Waals surface area contributed by atoms with Gasteiger partial charge in [-0.2, -0.15) is 13.1 Å². The molecule has 0 fully saturated rings. The summed E-state index contributed by atoms with van der Waals surface area (Å²) in [5.74, 6) is -3.37. The van der Waals surface area contributed by atoms with Gasteiger partial charge in [-0.05, 0) is 0 Å². The second-order valence-corrected chi connectivity index (χ2v) is 3.98. The molecule has 0 bridgehead atoms. The van der Waals surface area contributed by atoms with E-state index in [4.69, 9.17) is 0 Å². The maximum Gasteiger partial charge on any atom is 0.421 e. The van der Waals surface area contributed by atoms with Gasteiger partial charge >= 0.3 is 16.3 Å². The molecule has 4 N–H and O–H groups in total. The molecule has 15 heavy (non-hydrogen) atoms. The number of alkyl halides is 2. The average Bonchev–Trinajstić information content (AvgIpc) is 2.14. The van der Waals surface area contributed by atoms with Gasteiger partial charge in [0.05, 0.1) is 20.2 Å². The van der Waals surface area contributed by atoms with Gasteiger partial charge in [0.2, 0.25) is 0 Å². The summed E-state index contributed by atoms with van der Waals surface area (Å²) in [6.07, 6.45) is -1.28. The van der Waals surface area contributed by atoms with E-state index in [0.717, 1.165) is 7.11 Å². The van der Waals surface area contributed by atoms with E-state index >= 15 is 0 Å². The first kappa shape index (κ1) is 14.0. The minimum Gasteiger partial charge on any atom is -0.452 e. The summed E-state index contributed by atoms with van der Waals surface area (Å²) in [4.78, 5) is 10.5. The molecule has 0 saturated heterocycles. The summed E-state index contributed by atoms with van der Waals surface area (Å²) >= 11 is 0. The van der Waals surface area contributed by atoms with E-state index in [2.05, 4.69) is 10.5 Å². The molecule has 90 valence electrons. The average molecular weight is 247 g/mol. The highest BCUT2D eigenvalue weighted by molar-refractivity contribution is 7.88. The molecule has 7 nitrogen and oxygen atoms in total. The smallest absolute Gasteiger partial charge is 0.421 e. The fraction of sp³-hybridized carbons (Fsp3) is 0.800. The molecule has 0 heterocycles. The van der Waals surface area contributed by atoms with Gasteiger partial charge in [0.25, 0.3) is 5.92 Å². The Morgan fingerprint density at radius 1 is 1.53 bits per heavy atom. The third-order valence-electron chi connectivity index (χ3n) is 1.22. The Bertz CT molecular complexity index is 318. The number of carbonyl (C=O) groups excluding carboxylic acids is 1. The van der Waals surface area contributed by atoms with E-state index < -0.39 is 35.3 Å².